The average Bonchev–Trinajstić information content (AvgIpc) is 2.80. The van der Waals surface area contributed by atoms with Crippen molar-refractivity contribution in [3.8, 4) is 17.4 Å². The van der Waals surface area contributed by atoms with Crippen LogP contribution < -0.4 is 0 Å². The van der Waals surface area contributed by atoms with Gasteiger partial charge in [0.2, 0.25) is 5.88 Å². The minimum absolute atomic E-state index is 0.107. The van der Waals surface area contributed by atoms with E-state index in [1.165, 1.54) is 6.07 Å². The summed E-state index contributed by atoms with van der Waals surface area (Å²) in [6, 6.07) is 8.85. The number of hydrogen-bond acceptors (Lipinski definition) is 4. The smallest absolute Gasteiger partial charge is 0.230 e. The van der Waals surface area contributed by atoms with Crippen LogP contribution in [0.25, 0.3) is 22.6 Å². The topological polar surface area (TPSA) is 63.8 Å². The normalized spacial score (nSPS) is 11.1. The van der Waals surface area contributed by atoms with Gasteiger partial charge in [0.25, 0.3) is 0 Å². The number of fused-ring (bicyclic) bond motifs is 1. The number of benzene rings is 1. The molecule has 3 rings (SSSR count). The van der Waals surface area contributed by atoms with Crippen LogP contribution in [0.3, 0.4) is 0 Å². The fourth-order valence-electron chi connectivity index (χ4n) is 2.22. The lowest BCUT2D eigenvalue weighted by Crippen LogP contribution is -2.01. The van der Waals surface area contributed by atoms with Gasteiger partial charge < -0.3 is 9.67 Å². The van der Waals surface area contributed by atoms with Gasteiger partial charge in [0.1, 0.15) is 5.69 Å². The molecule has 2 aromatic heterocycles. The summed E-state index contributed by atoms with van der Waals surface area (Å²) in [5.41, 5.74) is 2.35. The molecule has 0 saturated heterocycles. The number of aromatic nitrogens is 4. The van der Waals surface area contributed by atoms with Gasteiger partial charge in [-0.3, -0.25) is 0 Å². The van der Waals surface area contributed by atoms with Gasteiger partial charge in [-0.1, -0.05) is 24.6 Å². The highest BCUT2D eigenvalue weighted by molar-refractivity contribution is 6.35. The van der Waals surface area contributed by atoms with E-state index in [2.05, 4.69) is 22.1 Å². The molecule has 0 spiro atoms. The zero-order valence-electron chi connectivity index (χ0n) is 10.9. The van der Waals surface area contributed by atoms with Gasteiger partial charge in [0.05, 0.1) is 16.1 Å². The molecule has 6 heteroatoms. The molecule has 0 amide bonds. The number of aromatic hydroxyl groups is 1. The molecule has 0 aliphatic heterocycles. The molecule has 102 valence electrons. The number of rotatable bonds is 3. The Labute approximate surface area is 120 Å². The summed E-state index contributed by atoms with van der Waals surface area (Å²) >= 11 is 6.29. The highest BCUT2D eigenvalue weighted by atomic mass is 35.5. The molecule has 20 heavy (non-hydrogen) atoms. The highest BCUT2D eigenvalue weighted by Crippen LogP contribution is 2.29. The van der Waals surface area contributed by atoms with E-state index in [4.69, 9.17) is 11.6 Å². The molecule has 0 atom stereocenters. The van der Waals surface area contributed by atoms with Crippen molar-refractivity contribution in [3.05, 3.63) is 35.4 Å². The fraction of sp³-hybridized carbons (Fsp3) is 0.214. The highest BCUT2D eigenvalue weighted by Gasteiger charge is 2.15. The maximum Gasteiger partial charge on any atom is 0.230 e. The van der Waals surface area contributed by atoms with Crippen molar-refractivity contribution in [2.45, 2.75) is 19.9 Å². The Morgan fingerprint density at radius 2 is 2.05 bits per heavy atom. The first kappa shape index (κ1) is 12.9. The van der Waals surface area contributed by atoms with Gasteiger partial charge in [-0.05, 0) is 24.6 Å². The van der Waals surface area contributed by atoms with Crippen LogP contribution in [0.2, 0.25) is 5.02 Å². The van der Waals surface area contributed by atoms with Crippen molar-refractivity contribution in [1.82, 2.24) is 19.7 Å². The zero-order valence-corrected chi connectivity index (χ0v) is 11.7. The van der Waals surface area contributed by atoms with Crippen molar-refractivity contribution in [1.29, 1.82) is 0 Å². The number of aryl methyl sites for hydroxylation is 1. The van der Waals surface area contributed by atoms with E-state index >= 15 is 0 Å². The first-order valence-electron chi connectivity index (χ1n) is 6.38. The lowest BCUT2D eigenvalue weighted by molar-refractivity contribution is 0.445. The first-order valence-corrected chi connectivity index (χ1v) is 6.76. The van der Waals surface area contributed by atoms with Crippen LogP contribution in [0.15, 0.2) is 30.3 Å². The largest absolute Gasteiger partial charge is 0.492 e. The minimum atomic E-state index is -0.107. The van der Waals surface area contributed by atoms with Crippen LogP contribution in [0.5, 0.6) is 5.88 Å². The van der Waals surface area contributed by atoms with E-state index in [1.54, 1.807) is 6.07 Å². The molecule has 0 fully saturated rings. The van der Waals surface area contributed by atoms with Crippen molar-refractivity contribution in [2.75, 3.05) is 0 Å². The third kappa shape index (κ3) is 2.10. The summed E-state index contributed by atoms with van der Waals surface area (Å²) in [5, 5.41) is 17.6. The first-order chi connectivity index (χ1) is 9.70. The Balaban J connectivity index is 2.26. The average molecular weight is 289 g/mol. The summed E-state index contributed by atoms with van der Waals surface area (Å²) in [6.45, 7) is 2.88. The van der Waals surface area contributed by atoms with Gasteiger partial charge >= 0.3 is 0 Å². The Morgan fingerprint density at radius 1 is 1.20 bits per heavy atom. The van der Waals surface area contributed by atoms with E-state index in [9.17, 15) is 5.11 Å². The second-order valence-electron chi connectivity index (χ2n) is 4.47. The maximum absolute atomic E-state index is 9.24. The third-order valence-corrected chi connectivity index (χ3v) is 3.35. The van der Waals surface area contributed by atoms with Gasteiger partial charge in [0, 0.05) is 12.6 Å². The van der Waals surface area contributed by atoms with E-state index in [0.717, 1.165) is 24.0 Å². The van der Waals surface area contributed by atoms with Crippen molar-refractivity contribution < 1.29 is 5.11 Å². The minimum Gasteiger partial charge on any atom is -0.492 e. The van der Waals surface area contributed by atoms with Crippen molar-refractivity contribution in [2.24, 2.45) is 0 Å². The fourth-order valence-corrected chi connectivity index (χ4v) is 2.49. The molecular weight excluding hydrogens is 276 g/mol. The molecule has 0 saturated carbocycles. The Hall–Kier alpha value is -2.14. The third-order valence-electron chi connectivity index (χ3n) is 3.04. The zero-order chi connectivity index (χ0) is 14.1. The van der Waals surface area contributed by atoms with Crippen LogP contribution in [0, 0.1) is 0 Å². The summed E-state index contributed by atoms with van der Waals surface area (Å²) in [6.07, 6.45) is 0.954. The number of hydrogen-bond donors (Lipinski definition) is 1. The van der Waals surface area contributed by atoms with Crippen molar-refractivity contribution in [3.63, 3.8) is 0 Å². The van der Waals surface area contributed by atoms with E-state index in [-0.39, 0.29) is 5.88 Å². The van der Waals surface area contributed by atoms with Gasteiger partial charge in [-0.2, -0.15) is 0 Å². The summed E-state index contributed by atoms with van der Waals surface area (Å²) < 4.78 is 2.04. The van der Waals surface area contributed by atoms with Crippen LogP contribution in [0.4, 0.5) is 0 Å². The van der Waals surface area contributed by atoms with Crippen LogP contribution in [-0.4, -0.2) is 24.9 Å². The molecule has 0 bridgehead atoms. The van der Waals surface area contributed by atoms with Crippen LogP contribution >= 0.6 is 11.6 Å². The standard InChI is InChI=1S/C14H13ClN4O/c1-2-8-19-13-9(15)4-3-5-10(13)16-14(19)11-6-7-12(20)18-17-11/h3-7H,2,8H2,1H3,(H,18,20). The number of halogens is 1. The van der Waals surface area contributed by atoms with Crippen LogP contribution in [0.1, 0.15) is 13.3 Å². The number of para-hydroxylation sites is 1. The monoisotopic (exact) mass is 288 g/mol. The predicted octanol–water partition coefficient (Wildman–Crippen LogP) is 3.26. The molecule has 2 heterocycles. The molecule has 0 aliphatic carbocycles. The number of imidazole rings is 1. The van der Waals surface area contributed by atoms with Gasteiger partial charge in [0.15, 0.2) is 5.82 Å². The SMILES string of the molecule is CCCn1c(-c2ccc(O)nn2)nc2cccc(Cl)c21. The summed E-state index contributed by atoms with van der Waals surface area (Å²) in [7, 11) is 0. The lowest BCUT2D eigenvalue weighted by Gasteiger charge is -2.07. The molecule has 3 aromatic rings. The molecular formula is C14H13ClN4O. The van der Waals surface area contributed by atoms with E-state index in [0.29, 0.717) is 16.5 Å². The summed E-state index contributed by atoms with van der Waals surface area (Å²) in [5.74, 6) is 0.604. The molecule has 0 radical (unpaired) electrons. The molecule has 5 nitrogen and oxygen atoms in total. The Bertz CT molecular complexity index is 752. The van der Waals surface area contributed by atoms with Gasteiger partial charge in [-0.15, -0.1) is 10.2 Å². The van der Waals surface area contributed by atoms with Crippen LogP contribution in [-0.2, 0) is 6.54 Å². The molecule has 1 N–H and O–H groups in total. The quantitative estimate of drug-likeness (QED) is 0.803. The summed E-state index contributed by atoms with van der Waals surface area (Å²) in [4.78, 5) is 4.59. The van der Waals surface area contributed by atoms with Crippen molar-refractivity contribution >= 4 is 22.6 Å². The van der Waals surface area contributed by atoms with E-state index in [1.807, 2.05) is 22.8 Å². The lowest BCUT2D eigenvalue weighted by atomic mass is 10.3. The second kappa shape index (κ2) is 5.09. The molecule has 1 aromatic carbocycles. The Kier molecular flexibility index (Phi) is 3.28. The molecule has 0 aliphatic rings. The number of nitrogens with zero attached hydrogens (tertiary/aromatic N) is 4. The predicted molar refractivity (Wildman–Crippen MR) is 77.7 cm³/mol. The maximum atomic E-state index is 9.24. The van der Waals surface area contributed by atoms with Gasteiger partial charge in [-0.25, -0.2) is 4.98 Å². The Morgan fingerprint density at radius 3 is 2.75 bits per heavy atom. The molecule has 0 unspecified atom stereocenters. The van der Waals surface area contributed by atoms with E-state index < -0.39 is 0 Å². The second-order valence-corrected chi connectivity index (χ2v) is 4.88.